The van der Waals surface area contributed by atoms with Crippen LogP contribution in [-0.4, -0.2) is 29.3 Å². The first-order chi connectivity index (χ1) is 12.8. The Hall–Kier alpha value is -2.06. The highest BCUT2D eigenvalue weighted by atomic mass is 127. The fourth-order valence-corrected chi connectivity index (χ4v) is 2.83. The van der Waals surface area contributed by atoms with Gasteiger partial charge in [0.25, 0.3) is 0 Å². The summed E-state index contributed by atoms with van der Waals surface area (Å²) >= 11 is 6.18. The minimum atomic E-state index is 0. The van der Waals surface area contributed by atoms with Crippen LogP contribution in [0.15, 0.2) is 72.0 Å². The first-order valence-electron chi connectivity index (χ1n) is 8.53. The van der Waals surface area contributed by atoms with Crippen LogP contribution >= 0.6 is 35.6 Å². The van der Waals surface area contributed by atoms with Crippen LogP contribution in [0, 0.1) is 0 Å². The number of para-hydroxylation sites is 1. The molecule has 1 aromatic heterocycles. The molecule has 0 saturated heterocycles. The fraction of sp³-hybridized carbons (Fsp3) is 0.200. The molecule has 2 N–H and O–H groups in total. The zero-order valence-corrected chi connectivity index (χ0v) is 18.2. The SMILES string of the molecule is CN=C(NCCc1ccccc1Cl)NCc1cnn(-c2ccccc2)c1.I. The quantitative estimate of drug-likeness (QED) is 0.308. The molecule has 0 aliphatic carbocycles. The minimum absolute atomic E-state index is 0. The topological polar surface area (TPSA) is 54.2 Å². The Bertz CT molecular complexity index is 864. The highest BCUT2D eigenvalue weighted by Crippen LogP contribution is 2.14. The Kier molecular flexibility index (Phi) is 8.60. The van der Waals surface area contributed by atoms with Crippen LogP contribution in [0.2, 0.25) is 5.02 Å². The van der Waals surface area contributed by atoms with E-state index in [1.807, 2.05) is 71.7 Å². The normalized spacial score (nSPS) is 11.0. The molecule has 27 heavy (non-hydrogen) atoms. The second-order valence-corrected chi connectivity index (χ2v) is 6.23. The van der Waals surface area contributed by atoms with E-state index in [-0.39, 0.29) is 24.0 Å². The number of hydrogen-bond acceptors (Lipinski definition) is 2. The fourth-order valence-electron chi connectivity index (χ4n) is 2.60. The van der Waals surface area contributed by atoms with Gasteiger partial charge in [-0.25, -0.2) is 4.68 Å². The monoisotopic (exact) mass is 495 g/mol. The van der Waals surface area contributed by atoms with Crippen LogP contribution in [0.25, 0.3) is 5.69 Å². The lowest BCUT2D eigenvalue weighted by Crippen LogP contribution is -2.37. The molecule has 0 unspecified atom stereocenters. The number of halogens is 2. The average Bonchev–Trinajstić information content (AvgIpc) is 3.16. The Morgan fingerprint density at radius 2 is 1.81 bits per heavy atom. The average molecular weight is 496 g/mol. The third kappa shape index (κ3) is 6.25. The largest absolute Gasteiger partial charge is 0.356 e. The molecule has 1 heterocycles. The molecule has 0 atom stereocenters. The standard InChI is InChI=1S/C20H22ClN5.HI/c1-22-20(23-12-11-17-7-5-6-10-19(17)21)24-13-16-14-25-26(15-16)18-8-3-2-4-9-18;/h2-10,14-15H,11-13H2,1H3,(H2,22,23,24);1H. The van der Waals surface area contributed by atoms with Gasteiger partial charge in [0.2, 0.25) is 0 Å². The van der Waals surface area contributed by atoms with Gasteiger partial charge in [-0.1, -0.05) is 48.0 Å². The Morgan fingerprint density at radius 3 is 2.56 bits per heavy atom. The lowest BCUT2D eigenvalue weighted by Gasteiger charge is -2.11. The summed E-state index contributed by atoms with van der Waals surface area (Å²) in [4.78, 5) is 4.26. The first kappa shape index (κ1) is 21.2. The lowest BCUT2D eigenvalue weighted by atomic mass is 10.1. The van der Waals surface area contributed by atoms with Crippen LogP contribution in [0.5, 0.6) is 0 Å². The maximum Gasteiger partial charge on any atom is 0.191 e. The number of benzene rings is 2. The van der Waals surface area contributed by atoms with Crippen molar-refractivity contribution >= 4 is 41.5 Å². The summed E-state index contributed by atoms with van der Waals surface area (Å²) in [6, 6.07) is 17.9. The summed E-state index contributed by atoms with van der Waals surface area (Å²) in [6.07, 6.45) is 4.71. The molecule has 7 heteroatoms. The number of rotatable bonds is 6. The molecule has 0 spiro atoms. The van der Waals surface area contributed by atoms with E-state index in [0.29, 0.717) is 6.54 Å². The van der Waals surface area contributed by atoms with Crippen LogP contribution < -0.4 is 10.6 Å². The van der Waals surface area contributed by atoms with E-state index in [2.05, 4.69) is 20.7 Å². The van der Waals surface area contributed by atoms with Crippen molar-refractivity contribution < 1.29 is 0 Å². The summed E-state index contributed by atoms with van der Waals surface area (Å²) in [7, 11) is 1.76. The Labute approximate surface area is 181 Å². The third-order valence-corrected chi connectivity index (χ3v) is 4.35. The molecule has 0 saturated carbocycles. The zero-order chi connectivity index (χ0) is 18.2. The molecule has 0 aliphatic heterocycles. The number of hydrogen-bond donors (Lipinski definition) is 2. The van der Waals surface area contributed by atoms with Crippen molar-refractivity contribution in [3.05, 3.63) is 83.1 Å². The number of nitrogens with one attached hydrogen (secondary N) is 2. The number of aliphatic imine (C=N–C) groups is 1. The van der Waals surface area contributed by atoms with E-state index in [1.54, 1.807) is 7.05 Å². The molecule has 142 valence electrons. The first-order valence-corrected chi connectivity index (χ1v) is 8.91. The summed E-state index contributed by atoms with van der Waals surface area (Å²) in [5.74, 6) is 0.754. The summed E-state index contributed by atoms with van der Waals surface area (Å²) in [6.45, 7) is 1.41. The second-order valence-electron chi connectivity index (χ2n) is 5.82. The van der Waals surface area contributed by atoms with Crippen molar-refractivity contribution in [3.8, 4) is 5.69 Å². The summed E-state index contributed by atoms with van der Waals surface area (Å²) in [5, 5.41) is 11.8. The van der Waals surface area contributed by atoms with Crippen molar-refractivity contribution in [2.75, 3.05) is 13.6 Å². The molecule has 0 amide bonds. The molecular formula is C20H23ClIN5. The van der Waals surface area contributed by atoms with E-state index >= 15 is 0 Å². The van der Waals surface area contributed by atoms with Gasteiger partial charge in [-0.2, -0.15) is 5.10 Å². The number of guanidine groups is 1. The van der Waals surface area contributed by atoms with Crippen LogP contribution in [-0.2, 0) is 13.0 Å². The van der Waals surface area contributed by atoms with Crippen molar-refractivity contribution in [3.63, 3.8) is 0 Å². The van der Waals surface area contributed by atoms with Gasteiger partial charge in [0.15, 0.2) is 5.96 Å². The van der Waals surface area contributed by atoms with E-state index in [1.165, 1.54) is 0 Å². The Balaban J connectivity index is 0.00000261. The molecule has 0 aliphatic rings. The van der Waals surface area contributed by atoms with E-state index in [4.69, 9.17) is 11.6 Å². The predicted molar refractivity (Wildman–Crippen MR) is 122 cm³/mol. The van der Waals surface area contributed by atoms with E-state index in [9.17, 15) is 0 Å². The van der Waals surface area contributed by atoms with Crippen molar-refractivity contribution in [1.82, 2.24) is 20.4 Å². The van der Waals surface area contributed by atoms with Crippen molar-refractivity contribution in [1.29, 1.82) is 0 Å². The molecule has 2 aromatic carbocycles. The maximum absolute atomic E-state index is 6.18. The zero-order valence-electron chi connectivity index (χ0n) is 15.1. The van der Waals surface area contributed by atoms with E-state index in [0.717, 1.165) is 40.8 Å². The number of nitrogens with zero attached hydrogens (tertiary/aromatic N) is 3. The number of aromatic nitrogens is 2. The molecule has 3 aromatic rings. The van der Waals surface area contributed by atoms with Crippen LogP contribution in [0.3, 0.4) is 0 Å². The van der Waals surface area contributed by atoms with Gasteiger partial charge in [0.05, 0.1) is 11.9 Å². The van der Waals surface area contributed by atoms with Crippen LogP contribution in [0.1, 0.15) is 11.1 Å². The highest BCUT2D eigenvalue weighted by molar-refractivity contribution is 14.0. The minimum Gasteiger partial charge on any atom is -0.356 e. The van der Waals surface area contributed by atoms with Crippen molar-refractivity contribution in [2.45, 2.75) is 13.0 Å². The third-order valence-electron chi connectivity index (χ3n) is 3.98. The highest BCUT2D eigenvalue weighted by Gasteiger charge is 2.03. The van der Waals surface area contributed by atoms with Gasteiger partial charge >= 0.3 is 0 Å². The predicted octanol–water partition coefficient (Wildman–Crippen LogP) is 4.05. The molecule has 3 rings (SSSR count). The molecule has 0 fully saturated rings. The van der Waals surface area contributed by atoms with E-state index < -0.39 is 0 Å². The molecule has 0 radical (unpaired) electrons. The second kappa shape index (κ2) is 10.9. The van der Waals surface area contributed by atoms with Gasteiger partial charge < -0.3 is 10.6 Å². The smallest absolute Gasteiger partial charge is 0.191 e. The molecule has 0 bridgehead atoms. The molecular weight excluding hydrogens is 473 g/mol. The van der Waals surface area contributed by atoms with Gasteiger partial charge in [-0.15, -0.1) is 24.0 Å². The van der Waals surface area contributed by atoms with Gasteiger partial charge in [-0.3, -0.25) is 4.99 Å². The van der Waals surface area contributed by atoms with Gasteiger partial charge in [0, 0.05) is 36.9 Å². The van der Waals surface area contributed by atoms with Gasteiger partial charge in [-0.05, 0) is 30.2 Å². The summed E-state index contributed by atoms with van der Waals surface area (Å²) < 4.78 is 1.87. The summed E-state index contributed by atoms with van der Waals surface area (Å²) in [5.41, 5.74) is 3.25. The maximum atomic E-state index is 6.18. The van der Waals surface area contributed by atoms with Crippen molar-refractivity contribution in [2.24, 2.45) is 4.99 Å². The van der Waals surface area contributed by atoms with Crippen LogP contribution in [0.4, 0.5) is 0 Å². The Morgan fingerprint density at radius 1 is 1.07 bits per heavy atom. The van der Waals surface area contributed by atoms with Gasteiger partial charge in [0.1, 0.15) is 0 Å². The lowest BCUT2D eigenvalue weighted by molar-refractivity contribution is 0.794. The molecule has 5 nitrogen and oxygen atoms in total.